The molecule has 0 saturated carbocycles. The lowest BCUT2D eigenvalue weighted by atomic mass is 10.00. The summed E-state index contributed by atoms with van der Waals surface area (Å²) in [4.78, 5) is 14.9. The molecule has 2 rings (SSSR count). The molecule has 0 aliphatic heterocycles. The minimum atomic E-state index is -0.614. The Hall–Kier alpha value is -2.14. The van der Waals surface area contributed by atoms with Crippen molar-refractivity contribution in [3.63, 3.8) is 0 Å². The van der Waals surface area contributed by atoms with Gasteiger partial charge >= 0.3 is 0 Å². The summed E-state index contributed by atoms with van der Waals surface area (Å²) in [6, 6.07) is 10.2. The average Bonchev–Trinajstić information content (AvgIpc) is 2.69. The summed E-state index contributed by atoms with van der Waals surface area (Å²) < 4.78 is 21.8. The largest absolute Gasteiger partial charge is 0.490 e. The highest BCUT2D eigenvalue weighted by molar-refractivity contribution is 9.10. The first-order valence-corrected chi connectivity index (χ1v) is 10.4. The first-order valence-electron chi connectivity index (χ1n) is 9.57. The standard InChI is InChI=1S/C23H27BrFNO2/c1-4-6-7-8-16-28-20-14-13-19(26(3)15-5-2)21(22(20)25)23(27)17-9-11-18(24)12-10-17/h5,9-14H,2,4,6-8,15-16H2,1,3H3. The van der Waals surface area contributed by atoms with Crippen molar-refractivity contribution in [3.05, 3.63) is 70.5 Å². The Morgan fingerprint density at radius 3 is 2.54 bits per heavy atom. The van der Waals surface area contributed by atoms with Crippen LogP contribution in [0.2, 0.25) is 0 Å². The zero-order valence-electron chi connectivity index (χ0n) is 16.5. The number of halogens is 2. The third-order valence-electron chi connectivity index (χ3n) is 4.49. The molecule has 0 N–H and O–H groups in total. The van der Waals surface area contributed by atoms with Gasteiger partial charge < -0.3 is 9.64 Å². The van der Waals surface area contributed by atoms with E-state index in [1.165, 1.54) is 0 Å². The van der Waals surface area contributed by atoms with Crippen molar-refractivity contribution in [2.24, 2.45) is 0 Å². The summed E-state index contributed by atoms with van der Waals surface area (Å²) in [5.41, 5.74) is 0.969. The molecule has 150 valence electrons. The van der Waals surface area contributed by atoms with Crippen molar-refractivity contribution >= 4 is 27.4 Å². The molecule has 0 amide bonds. The molecule has 0 radical (unpaired) electrons. The number of hydrogen-bond donors (Lipinski definition) is 0. The topological polar surface area (TPSA) is 29.5 Å². The number of ketones is 1. The number of ether oxygens (including phenoxy) is 1. The number of carbonyl (C=O) groups is 1. The van der Waals surface area contributed by atoms with Crippen LogP contribution in [-0.4, -0.2) is 26.0 Å². The molecular weight excluding hydrogens is 421 g/mol. The van der Waals surface area contributed by atoms with Crippen LogP contribution in [0.5, 0.6) is 5.75 Å². The second-order valence-corrected chi connectivity index (χ2v) is 7.60. The summed E-state index contributed by atoms with van der Waals surface area (Å²) in [6.45, 7) is 6.79. The predicted octanol–water partition coefficient (Wildman–Crippen LogP) is 6.40. The molecular formula is C23H27BrFNO2. The van der Waals surface area contributed by atoms with Crippen molar-refractivity contribution in [1.29, 1.82) is 0 Å². The van der Waals surface area contributed by atoms with Gasteiger partial charge in [0.2, 0.25) is 0 Å². The number of nitrogens with zero attached hydrogens (tertiary/aromatic N) is 1. The monoisotopic (exact) mass is 447 g/mol. The average molecular weight is 448 g/mol. The number of carbonyl (C=O) groups excluding carboxylic acids is 1. The Labute approximate surface area is 175 Å². The molecule has 0 fully saturated rings. The molecule has 2 aromatic rings. The number of anilines is 1. The van der Waals surface area contributed by atoms with E-state index in [9.17, 15) is 4.79 Å². The van der Waals surface area contributed by atoms with Gasteiger partial charge in [0.05, 0.1) is 17.9 Å². The lowest BCUT2D eigenvalue weighted by Gasteiger charge is -2.22. The summed E-state index contributed by atoms with van der Waals surface area (Å²) in [7, 11) is 1.81. The highest BCUT2D eigenvalue weighted by atomic mass is 79.9. The summed E-state index contributed by atoms with van der Waals surface area (Å²) >= 11 is 3.36. The number of benzene rings is 2. The third kappa shape index (κ3) is 5.68. The maximum absolute atomic E-state index is 15.3. The van der Waals surface area contributed by atoms with E-state index >= 15 is 4.39 Å². The van der Waals surface area contributed by atoms with Crippen LogP contribution in [0.4, 0.5) is 10.1 Å². The van der Waals surface area contributed by atoms with E-state index in [-0.39, 0.29) is 17.1 Å². The van der Waals surface area contributed by atoms with Crippen LogP contribution in [0.1, 0.15) is 48.5 Å². The SMILES string of the molecule is C=CCN(C)c1ccc(OCCCCCC)c(F)c1C(=O)c1ccc(Br)cc1. The molecule has 0 atom stereocenters. The number of rotatable bonds is 11. The molecule has 0 bridgehead atoms. The molecule has 0 aliphatic rings. The van der Waals surface area contributed by atoms with Gasteiger partial charge in [0.25, 0.3) is 0 Å². The number of unbranched alkanes of at least 4 members (excludes halogenated alkanes) is 3. The quantitative estimate of drug-likeness (QED) is 0.226. The maximum Gasteiger partial charge on any atom is 0.198 e. The van der Waals surface area contributed by atoms with Crippen LogP contribution >= 0.6 is 15.9 Å². The van der Waals surface area contributed by atoms with Crippen LogP contribution in [0.3, 0.4) is 0 Å². The molecule has 0 heterocycles. The van der Waals surface area contributed by atoms with E-state index in [4.69, 9.17) is 4.74 Å². The Kier molecular flexibility index (Phi) is 8.71. The molecule has 0 aliphatic carbocycles. The molecule has 2 aromatic carbocycles. The van der Waals surface area contributed by atoms with Crippen LogP contribution in [0.25, 0.3) is 0 Å². The van der Waals surface area contributed by atoms with Gasteiger partial charge in [-0.2, -0.15) is 0 Å². The van der Waals surface area contributed by atoms with Crippen molar-refractivity contribution in [3.8, 4) is 5.75 Å². The summed E-state index contributed by atoms with van der Waals surface area (Å²) in [5, 5.41) is 0. The Morgan fingerprint density at radius 2 is 1.89 bits per heavy atom. The third-order valence-corrected chi connectivity index (χ3v) is 5.02. The van der Waals surface area contributed by atoms with Gasteiger partial charge in [-0.25, -0.2) is 4.39 Å². The summed E-state index contributed by atoms with van der Waals surface area (Å²) in [6.07, 6.45) is 5.88. The zero-order valence-corrected chi connectivity index (χ0v) is 18.1. The normalized spacial score (nSPS) is 10.6. The Morgan fingerprint density at radius 1 is 1.18 bits per heavy atom. The van der Waals surface area contributed by atoms with Gasteiger partial charge in [0, 0.05) is 23.6 Å². The molecule has 0 aromatic heterocycles. The van der Waals surface area contributed by atoms with Crippen LogP contribution < -0.4 is 9.64 Å². The van der Waals surface area contributed by atoms with Gasteiger partial charge in [-0.05, 0) is 42.8 Å². The molecule has 0 spiro atoms. The van der Waals surface area contributed by atoms with E-state index in [2.05, 4.69) is 29.4 Å². The van der Waals surface area contributed by atoms with E-state index in [1.807, 2.05) is 0 Å². The maximum atomic E-state index is 15.3. The lowest BCUT2D eigenvalue weighted by Crippen LogP contribution is -2.21. The van der Waals surface area contributed by atoms with Crippen LogP contribution in [0, 0.1) is 5.82 Å². The number of hydrogen-bond acceptors (Lipinski definition) is 3. The first-order chi connectivity index (χ1) is 13.5. The molecule has 28 heavy (non-hydrogen) atoms. The highest BCUT2D eigenvalue weighted by Crippen LogP contribution is 2.32. The van der Waals surface area contributed by atoms with Gasteiger partial charge in [-0.3, -0.25) is 4.79 Å². The highest BCUT2D eigenvalue weighted by Gasteiger charge is 2.24. The predicted molar refractivity (Wildman–Crippen MR) is 117 cm³/mol. The van der Waals surface area contributed by atoms with Gasteiger partial charge in [-0.1, -0.05) is 48.2 Å². The zero-order chi connectivity index (χ0) is 20.5. The second-order valence-electron chi connectivity index (χ2n) is 6.69. The molecule has 0 saturated heterocycles. The number of likely N-dealkylation sites (N-methyl/N-ethyl adjacent to an activating group) is 1. The molecule has 5 heteroatoms. The lowest BCUT2D eigenvalue weighted by molar-refractivity contribution is 0.103. The van der Waals surface area contributed by atoms with Crippen LogP contribution in [0.15, 0.2) is 53.5 Å². The van der Waals surface area contributed by atoms with Gasteiger partial charge in [0.15, 0.2) is 17.3 Å². The van der Waals surface area contributed by atoms with E-state index in [0.717, 1.165) is 30.2 Å². The van der Waals surface area contributed by atoms with Gasteiger partial charge in [0.1, 0.15) is 0 Å². The fourth-order valence-electron chi connectivity index (χ4n) is 2.94. The fourth-order valence-corrected chi connectivity index (χ4v) is 3.21. The van der Waals surface area contributed by atoms with E-state index < -0.39 is 5.82 Å². The minimum Gasteiger partial charge on any atom is -0.490 e. The van der Waals surface area contributed by atoms with Crippen molar-refractivity contribution in [2.75, 3.05) is 25.1 Å². The first kappa shape index (κ1) is 22.2. The summed E-state index contributed by atoms with van der Waals surface area (Å²) in [5.74, 6) is -0.864. The fraction of sp³-hybridized carbons (Fsp3) is 0.348. The Bertz CT molecular complexity index is 805. The van der Waals surface area contributed by atoms with E-state index in [1.54, 1.807) is 54.4 Å². The van der Waals surface area contributed by atoms with Crippen molar-refractivity contribution < 1.29 is 13.9 Å². The van der Waals surface area contributed by atoms with E-state index in [0.29, 0.717) is 24.4 Å². The van der Waals surface area contributed by atoms with Gasteiger partial charge in [-0.15, -0.1) is 6.58 Å². The smallest absolute Gasteiger partial charge is 0.198 e. The second kappa shape index (κ2) is 11.0. The van der Waals surface area contributed by atoms with Crippen LogP contribution in [-0.2, 0) is 0 Å². The van der Waals surface area contributed by atoms with Crippen molar-refractivity contribution in [1.82, 2.24) is 0 Å². The van der Waals surface area contributed by atoms with Crippen molar-refractivity contribution in [2.45, 2.75) is 32.6 Å². The molecule has 3 nitrogen and oxygen atoms in total. The minimum absolute atomic E-state index is 0.0257. The molecule has 0 unspecified atom stereocenters. The Balaban J connectivity index is 2.36.